The van der Waals surface area contributed by atoms with Crippen LogP contribution in [0.15, 0.2) is 54.9 Å². The number of nitrogens with zero attached hydrogens (tertiary/aromatic N) is 3. The minimum absolute atomic E-state index is 0.118. The molecule has 0 spiro atoms. The quantitative estimate of drug-likeness (QED) is 0.785. The van der Waals surface area contributed by atoms with Crippen molar-refractivity contribution in [3.05, 3.63) is 71.7 Å². The maximum Gasteiger partial charge on any atom is 0.274 e. The van der Waals surface area contributed by atoms with E-state index in [1.165, 1.54) is 0 Å². The van der Waals surface area contributed by atoms with Gasteiger partial charge in [0.05, 0.1) is 0 Å². The van der Waals surface area contributed by atoms with Gasteiger partial charge in [-0.1, -0.05) is 30.3 Å². The zero-order chi connectivity index (χ0) is 18.1. The van der Waals surface area contributed by atoms with Crippen LogP contribution in [-0.2, 0) is 11.2 Å². The Bertz CT molecular complexity index is 964. The van der Waals surface area contributed by atoms with E-state index < -0.39 is 6.04 Å². The number of imidazole rings is 1. The highest BCUT2D eigenvalue weighted by atomic mass is 16.2. The average molecular weight is 348 g/mol. The van der Waals surface area contributed by atoms with Crippen molar-refractivity contribution in [2.45, 2.75) is 19.4 Å². The summed E-state index contributed by atoms with van der Waals surface area (Å²) in [5.41, 5.74) is 3.21. The van der Waals surface area contributed by atoms with Crippen molar-refractivity contribution in [2.75, 3.05) is 13.1 Å². The number of pyridine rings is 1. The molecule has 1 saturated heterocycles. The smallest absolute Gasteiger partial charge is 0.274 e. The Morgan fingerprint density at radius 1 is 1.27 bits per heavy atom. The van der Waals surface area contributed by atoms with E-state index in [1.807, 2.05) is 60.0 Å². The number of benzene rings is 1. The molecule has 1 unspecified atom stereocenters. The summed E-state index contributed by atoms with van der Waals surface area (Å²) in [5, 5.41) is 2.86. The van der Waals surface area contributed by atoms with Gasteiger partial charge in [0.15, 0.2) is 0 Å². The molecule has 0 saturated carbocycles. The van der Waals surface area contributed by atoms with E-state index in [-0.39, 0.29) is 11.8 Å². The lowest BCUT2D eigenvalue weighted by Gasteiger charge is -2.34. The Balaban J connectivity index is 1.63. The third kappa shape index (κ3) is 3.06. The molecule has 3 heterocycles. The number of amides is 2. The normalized spacial score (nSPS) is 17.3. The third-order valence-corrected chi connectivity index (χ3v) is 4.70. The minimum Gasteiger partial charge on any atom is -0.353 e. The molecule has 2 amide bonds. The number of hydrogen-bond acceptors (Lipinski definition) is 3. The Morgan fingerprint density at radius 2 is 2.08 bits per heavy atom. The molecular formula is C20H20N4O2. The first-order chi connectivity index (χ1) is 12.6. The molecule has 6 nitrogen and oxygen atoms in total. The van der Waals surface area contributed by atoms with Gasteiger partial charge >= 0.3 is 0 Å². The van der Waals surface area contributed by atoms with Gasteiger partial charge in [0.1, 0.15) is 17.4 Å². The maximum absolute atomic E-state index is 13.1. The van der Waals surface area contributed by atoms with Crippen LogP contribution >= 0.6 is 0 Å². The van der Waals surface area contributed by atoms with Crippen LogP contribution in [0.2, 0.25) is 0 Å². The number of nitrogens with one attached hydrogen (secondary N) is 1. The van der Waals surface area contributed by atoms with Crippen molar-refractivity contribution in [1.82, 2.24) is 19.6 Å². The first kappa shape index (κ1) is 16.3. The van der Waals surface area contributed by atoms with E-state index in [0.29, 0.717) is 25.2 Å². The lowest BCUT2D eigenvalue weighted by molar-refractivity contribution is -0.127. The van der Waals surface area contributed by atoms with E-state index in [2.05, 4.69) is 10.3 Å². The fourth-order valence-electron chi connectivity index (χ4n) is 3.33. The van der Waals surface area contributed by atoms with Crippen LogP contribution in [0.1, 0.15) is 21.6 Å². The number of aryl methyl sites for hydroxylation is 1. The standard InChI is InChI=1S/C20H20N4O2/c1-14-7-9-23-13-16(22-18(23)11-14)20(26)24-10-8-21-19(25)17(24)12-15-5-3-2-4-6-15/h2-7,9,11,13,17H,8,10,12H2,1H3,(H,21,25). The molecule has 0 bridgehead atoms. The molecule has 3 aromatic rings. The van der Waals surface area contributed by atoms with Crippen molar-refractivity contribution >= 4 is 17.5 Å². The predicted octanol–water partition coefficient (Wildman–Crippen LogP) is 1.83. The van der Waals surface area contributed by atoms with Crippen molar-refractivity contribution in [3.8, 4) is 0 Å². The van der Waals surface area contributed by atoms with E-state index >= 15 is 0 Å². The molecule has 6 heteroatoms. The van der Waals surface area contributed by atoms with Crippen LogP contribution in [-0.4, -0.2) is 45.2 Å². The number of piperazine rings is 1. The number of carbonyl (C=O) groups is 2. The second-order valence-corrected chi connectivity index (χ2v) is 6.59. The fraction of sp³-hybridized carbons (Fsp3) is 0.250. The molecule has 1 atom stereocenters. The molecule has 2 aromatic heterocycles. The molecule has 1 aromatic carbocycles. The molecular weight excluding hydrogens is 328 g/mol. The first-order valence-corrected chi connectivity index (χ1v) is 8.70. The molecule has 1 aliphatic rings. The number of rotatable bonds is 3. The summed E-state index contributed by atoms with van der Waals surface area (Å²) in [6.45, 7) is 2.93. The zero-order valence-electron chi connectivity index (χ0n) is 14.6. The monoisotopic (exact) mass is 348 g/mol. The summed E-state index contributed by atoms with van der Waals surface area (Å²) in [7, 11) is 0. The van der Waals surface area contributed by atoms with Gasteiger partial charge in [0.2, 0.25) is 5.91 Å². The van der Waals surface area contributed by atoms with Gasteiger partial charge in [-0.3, -0.25) is 9.59 Å². The lowest BCUT2D eigenvalue weighted by atomic mass is 10.0. The van der Waals surface area contributed by atoms with Crippen LogP contribution in [0.25, 0.3) is 5.65 Å². The second-order valence-electron chi connectivity index (χ2n) is 6.59. The average Bonchev–Trinajstić information content (AvgIpc) is 3.07. The van der Waals surface area contributed by atoms with Crippen LogP contribution in [0.3, 0.4) is 0 Å². The number of aromatic nitrogens is 2. The lowest BCUT2D eigenvalue weighted by Crippen LogP contribution is -2.58. The molecule has 0 aliphatic carbocycles. The Morgan fingerprint density at radius 3 is 2.88 bits per heavy atom. The molecule has 4 rings (SSSR count). The van der Waals surface area contributed by atoms with Crippen LogP contribution in [0.4, 0.5) is 0 Å². The highest BCUT2D eigenvalue weighted by molar-refractivity contribution is 5.97. The Hall–Kier alpha value is -3.15. The number of fused-ring (bicyclic) bond motifs is 1. The number of carbonyl (C=O) groups excluding carboxylic acids is 2. The van der Waals surface area contributed by atoms with Crippen molar-refractivity contribution in [1.29, 1.82) is 0 Å². The van der Waals surface area contributed by atoms with Gasteiger partial charge in [0.25, 0.3) is 5.91 Å². The van der Waals surface area contributed by atoms with Gasteiger partial charge in [-0.05, 0) is 30.2 Å². The third-order valence-electron chi connectivity index (χ3n) is 4.70. The summed E-state index contributed by atoms with van der Waals surface area (Å²) < 4.78 is 1.83. The zero-order valence-corrected chi connectivity index (χ0v) is 14.6. The highest BCUT2D eigenvalue weighted by Gasteiger charge is 2.34. The largest absolute Gasteiger partial charge is 0.353 e. The van der Waals surface area contributed by atoms with E-state index in [0.717, 1.165) is 16.8 Å². The minimum atomic E-state index is -0.523. The summed E-state index contributed by atoms with van der Waals surface area (Å²) in [4.78, 5) is 31.6. The van der Waals surface area contributed by atoms with E-state index in [1.54, 1.807) is 11.1 Å². The molecule has 1 N–H and O–H groups in total. The van der Waals surface area contributed by atoms with Crippen LogP contribution < -0.4 is 5.32 Å². The van der Waals surface area contributed by atoms with Crippen molar-refractivity contribution < 1.29 is 9.59 Å². The molecule has 1 fully saturated rings. The van der Waals surface area contributed by atoms with E-state index in [4.69, 9.17) is 0 Å². The second kappa shape index (κ2) is 6.63. The van der Waals surface area contributed by atoms with Gasteiger partial charge in [0, 0.05) is 31.9 Å². The number of hydrogen-bond donors (Lipinski definition) is 1. The maximum atomic E-state index is 13.1. The van der Waals surface area contributed by atoms with Gasteiger partial charge in [-0.25, -0.2) is 4.98 Å². The summed E-state index contributed by atoms with van der Waals surface area (Å²) in [5.74, 6) is -0.324. The molecule has 132 valence electrons. The summed E-state index contributed by atoms with van der Waals surface area (Å²) in [6, 6.07) is 13.1. The topological polar surface area (TPSA) is 66.7 Å². The Labute approximate surface area is 151 Å². The molecule has 1 aliphatic heterocycles. The summed E-state index contributed by atoms with van der Waals surface area (Å²) >= 11 is 0. The SMILES string of the molecule is Cc1ccn2cc(C(=O)N3CCNC(=O)C3Cc3ccccc3)nc2c1. The van der Waals surface area contributed by atoms with Crippen LogP contribution in [0, 0.1) is 6.92 Å². The van der Waals surface area contributed by atoms with Gasteiger partial charge in [-0.2, -0.15) is 0 Å². The van der Waals surface area contributed by atoms with Crippen molar-refractivity contribution in [2.24, 2.45) is 0 Å². The molecule has 26 heavy (non-hydrogen) atoms. The van der Waals surface area contributed by atoms with Gasteiger partial charge in [-0.15, -0.1) is 0 Å². The summed E-state index contributed by atoms with van der Waals surface area (Å²) in [6.07, 6.45) is 4.10. The van der Waals surface area contributed by atoms with Crippen molar-refractivity contribution in [3.63, 3.8) is 0 Å². The first-order valence-electron chi connectivity index (χ1n) is 8.70. The molecule has 0 radical (unpaired) electrons. The predicted molar refractivity (Wildman–Crippen MR) is 97.9 cm³/mol. The fourth-order valence-corrected chi connectivity index (χ4v) is 3.33. The van der Waals surface area contributed by atoms with Gasteiger partial charge < -0.3 is 14.6 Å². The van der Waals surface area contributed by atoms with Crippen LogP contribution in [0.5, 0.6) is 0 Å². The highest BCUT2D eigenvalue weighted by Crippen LogP contribution is 2.16. The Kier molecular flexibility index (Phi) is 4.16. The van der Waals surface area contributed by atoms with E-state index in [9.17, 15) is 9.59 Å².